The molecule has 0 aliphatic heterocycles. The minimum Gasteiger partial charge on any atom is -0.465 e. The molecule has 0 saturated carbocycles. The van der Waals surface area contributed by atoms with E-state index in [4.69, 9.17) is 4.74 Å². The number of carbonyl (C=O) groups is 2. The third-order valence-corrected chi connectivity index (χ3v) is 5.52. The van der Waals surface area contributed by atoms with E-state index < -0.39 is 27.9 Å². The third-order valence-electron chi connectivity index (χ3n) is 4.28. The number of hydrogen-bond donors (Lipinski definition) is 1. The number of sulfonamides is 1. The SMILES string of the molecule is CCc1ccc(N([C@@H](C)C(=O)Nc2ccccc2C(=O)OC)S(C)(=O)=O)cc1. The Morgan fingerprint density at radius 1 is 1.11 bits per heavy atom. The van der Waals surface area contributed by atoms with Gasteiger partial charge in [-0.15, -0.1) is 0 Å². The second-order valence-corrected chi connectivity index (χ2v) is 8.14. The summed E-state index contributed by atoms with van der Waals surface area (Å²) in [7, 11) is -2.48. The van der Waals surface area contributed by atoms with Gasteiger partial charge in [-0.2, -0.15) is 0 Å². The average Bonchev–Trinajstić information content (AvgIpc) is 2.67. The molecule has 7 nitrogen and oxygen atoms in total. The lowest BCUT2D eigenvalue weighted by molar-refractivity contribution is -0.116. The standard InChI is InChI=1S/C20H24N2O5S/c1-5-15-10-12-16(13-11-15)22(28(4,25)26)14(2)19(23)21-18-9-7-6-8-17(18)20(24)27-3/h6-14H,5H2,1-4H3,(H,21,23)/t14-/m0/s1. The second kappa shape index (κ2) is 8.88. The molecule has 0 bridgehead atoms. The first-order valence-electron chi connectivity index (χ1n) is 8.75. The van der Waals surface area contributed by atoms with Crippen molar-refractivity contribution in [1.29, 1.82) is 0 Å². The lowest BCUT2D eigenvalue weighted by Gasteiger charge is -2.28. The Bertz CT molecular complexity index is 955. The number of amides is 1. The zero-order valence-corrected chi connectivity index (χ0v) is 17.1. The smallest absolute Gasteiger partial charge is 0.339 e. The molecule has 0 fully saturated rings. The maximum absolute atomic E-state index is 12.8. The van der Waals surface area contributed by atoms with E-state index in [0.717, 1.165) is 22.5 Å². The Balaban J connectivity index is 2.34. The highest BCUT2D eigenvalue weighted by atomic mass is 32.2. The Morgan fingerprint density at radius 3 is 2.25 bits per heavy atom. The molecule has 2 aromatic carbocycles. The number of aryl methyl sites for hydroxylation is 1. The van der Waals surface area contributed by atoms with Crippen LogP contribution in [0.1, 0.15) is 29.8 Å². The summed E-state index contributed by atoms with van der Waals surface area (Å²) in [6.45, 7) is 3.49. The van der Waals surface area contributed by atoms with Crippen molar-refractivity contribution < 1.29 is 22.7 Å². The summed E-state index contributed by atoms with van der Waals surface area (Å²) in [5.74, 6) is -1.17. The minimum atomic E-state index is -3.72. The molecule has 1 N–H and O–H groups in total. The number of nitrogens with zero attached hydrogens (tertiary/aromatic N) is 1. The van der Waals surface area contributed by atoms with Crippen LogP contribution in [0.2, 0.25) is 0 Å². The fourth-order valence-corrected chi connectivity index (χ4v) is 3.98. The highest BCUT2D eigenvalue weighted by Gasteiger charge is 2.29. The Labute approximate surface area is 165 Å². The number of anilines is 2. The van der Waals surface area contributed by atoms with Crippen molar-refractivity contribution in [2.24, 2.45) is 0 Å². The monoisotopic (exact) mass is 404 g/mol. The van der Waals surface area contributed by atoms with Gasteiger partial charge in [-0.1, -0.05) is 31.2 Å². The summed E-state index contributed by atoms with van der Waals surface area (Å²) in [5, 5.41) is 2.62. The summed E-state index contributed by atoms with van der Waals surface area (Å²) in [4.78, 5) is 24.7. The van der Waals surface area contributed by atoms with Crippen molar-refractivity contribution in [3.63, 3.8) is 0 Å². The summed E-state index contributed by atoms with van der Waals surface area (Å²) in [6.07, 6.45) is 1.87. The molecule has 0 radical (unpaired) electrons. The number of rotatable bonds is 7. The summed E-state index contributed by atoms with van der Waals surface area (Å²) in [5.41, 5.74) is 1.88. The van der Waals surface area contributed by atoms with E-state index in [1.54, 1.807) is 30.3 Å². The molecule has 1 amide bonds. The van der Waals surface area contributed by atoms with Crippen molar-refractivity contribution in [2.75, 3.05) is 23.0 Å². The van der Waals surface area contributed by atoms with Gasteiger partial charge in [0.05, 0.1) is 30.3 Å². The Morgan fingerprint density at radius 2 is 1.71 bits per heavy atom. The van der Waals surface area contributed by atoms with Crippen molar-refractivity contribution in [1.82, 2.24) is 0 Å². The van der Waals surface area contributed by atoms with Gasteiger partial charge in [0.25, 0.3) is 0 Å². The van der Waals surface area contributed by atoms with Crippen LogP contribution in [0.4, 0.5) is 11.4 Å². The molecule has 0 unspecified atom stereocenters. The van der Waals surface area contributed by atoms with E-state index >= 15 is 0 Å². The molecule has 8 heteroatoms. The van der Waals surface area contributed by atoms with Gasteiger partial charge in [0.15, 0.2) is 0 Å². The van der Waals surface area contributed by atoms with Crippen LogP contribution in [0.25, 0.3) is 0 Å². The van der Waals surface area contributed by atoms with E-state index in [2.05, 4.69) is 5.32 Å². The number of nitrogens with one attached hydrogen (secondary N) is 1. The van der Waals surface area contributed by atoms with Crippen LogP contribution >= 0.6 is 0 Å². The predicted octanol–water partition coefficient (Wildman–Crippen LogP) is 2.83. The number of benzene rings is 2. The largest absolute Gasteiger partial charge is 0.465 e. The predicted molar refractivity (Wildman–Crippen MR) is 109 cm³/mol. The maximum Gasteiger partial charge on any atom is 0.339 e. The molecule has 0 saturated heterocycles. The first kappa shape index (κ1) is 21.4. The van der Waals surface area contributed by atoms with Gasteiger partial charge in [-0.05, 0) is 43.2 Å². The van der Waals surface area contributed by atoms with Crippen molar-refractivity contribution >= 4 is 33.3 Å². The minimum absolute atomic E-state index is 0.184. The lowest BCUT2D eigenvalue weighted by atomic mass is 10.1. The fourth-order valence-electron chi connectivity index (χ4n) is 2.80. The molecule has 150 valence electrons. The molecule has 0 aliphatic carbocycles. The summed E-state index contributed by atoms with van der Waals surface area (Å²) in [6, 6.07) is 12.3. The normalized spacial score (nSPS) is 12.1. The zero-order chi connectivity index (χ0) is 20.9. The van der Waals surface area contributed by atoms with Crippen LogP contribution in [0, 0.1) is 0 Å². The highest BCUT2D eigenvalue weighted by molar-refractivity contribution is 7.92. The molecule has 0 heterocycles. The molecule has 28 heavy (non-hydrogen) atoms. The van der Waals surface area contributed by atoms with Gasteiger partial charge in [0.2, 0.25) is 15.9 Å². The first-order chi connectivity index (χ1) is 13.2. The maximum atomic E-state index is 12.8. The van der Waals surface area contributed by atoms with Crippen molar-refractivity contribution in [2.45, 2.75) is 26.3 Å². The van der Waals surface area contributed by atoms with E-state index in [-0.39, 0.29) is 11.3 Å². The van der Waals surface area contributed by atoms with E-state index in [1.165, 1.54) is 20.1 Å². The van der Waals surface area contributed by atoms with Gasteiger partial charge in [-0.3, -0.25) is 9.10 Å². The van der Waals surface area contributed by atoms with Crippen LogP contribution in [0.5, 0.6) is 0 Å². The van der Waals surface area contributed by atoms with Gasteiger partial charge < -0.3 is 10.1 Å². The lowest BCUT2D eigenvalue weighted by Crippen LogP contribution is -2.45. The van der Waals surface area contributed by atoms with Crippen molar-refractivity contribution in [3.05, 3.63) is 59.7 Å². The Kier molecular flexibility index (Phi) is 6.80. The number of hydrogen-bond acceptors (Lipinski definition) is 5. The van der Waals surface area contributed by atoms with Crippen LogP contribution in [0.15, 0.2) is 48.5 Å². The number of ether oxygens (including phenoxy) is 1. The average molecular weight is 404 g/mol. The van der Waals surface area contributed by atoms with E-state index in [1.807, 2.05) is 19.1 Å². The van der Waals surface area contributed by atoms with Crippen LogP contribution in [-0.2, 0) is 26.0 Å². The first-order valence-corrected chi connectivity index (χ1v) is 10.6. The number of esters is 1. The molecular formula is C20H24N2O5S. The zero-order valence-electron chi connectivity index (χ0n) is 16.3. The van der Waals surface area contributed by atoms with E-state index in [0.29, 0.717) is 5.69 Å². The molecule has 1 atom stereocenters. The van der Waals surface area contributed by atoms with Gasteiger partial charge in [-0.25, -0.2) is 13.2 Å². The molecule has 0 spiro atoms. The van der Waals surface area contributed by atoms with Crippen LogP contribution < -0.4 is 9.62 Å². The summed E-state index contributed by atoms with van der Waals surface area (Å²) < 4.78 is 30.5. The van der Waals surface area contributed by atoms with Crippen LogP contribution in [-0.4, -0.2) is 39.7 Å². The fraction of sp³-hybridized carbons (Fsp3) is 0.300. The van der Waals surface area contributed by atoms with Gasteiger partial charge in [0.1, 0.15) is 6.04 Å². The van der Waals surface area contributed by atoms with Gasteiger partial charge >= 0.3 is 5.97 Å². The molecule has 2 rings (SSSR count). The molecule has 0 aromatic heterocycles. The quantitative estimate of drug-likeness (QED) is 0.717. The van der Waals surface area contributed by atoms with Crippen LogP contribution in [0.3, 0.4) is 0 Å². The molecule has 0 aliphatic rings. The molecular weight excluding hydrogens is 380 g/mol. The second-order valence-electron chi connectivity index (χ2n) is 6.28. The van der Waals surface area contributed by atoms with E-state index in [9.17, 15) is 18.0 Å². The topological polar surface area (TPSA) is 92.8 Å². The van der Waals surface area contributed by atoms with Crippen molar-refractivity contribution in [3.8, 4) is 0 Å². The summed E-state index contributed by atoms with van der Waals surface area (Å²) >= 11 is 0. The van der Waals surface area contributed by atoms with Gasteiger partial charge in [0, 0.05) is 0 Å². The molecule has 2 aromatic rings. The number of methoxy groups -OCH3 is 1. The number of carbonyl (C=O) groups excluding carboxylic acids is 2. The Hall–Kier alpha value is -2.87. The number of para-hydroxylation sites is 1. The highest BCUT2D eigenvalue weighted by Crippen LogP contribution is 2.23. The third kappa shape index (κ3) is 4.89.